The fourth-order valence-corrected chi connectivity index (χ4v) is 2.94. The average Bonchev–Trinajstić information content (AvgIpc) is 2.37. The lowest BCUT2D eigenvalue weighted by Gasteiger charge is -2.17. The Labute approximate surface area is 123 Å². The van der Waals surface area contributed by atoms with Gasteiger partial charge in [0, 0.05) is 33.7 Å². The molecule has 0 heterocycles. The fourth-order valence-electron chi connectivity index (χ4n) is 1.77. The summed E-state index contributed by atoms with van der Waals surface area (Å²) in [6.45, 7) is 9.32. The van der Waals surface area contributed by atoms with Gasteiger partial charge >= 0.3 is 6.03 Å². The molecule has 5 heteroatoms. The predicted octanol–water partition coefficient (Wildman–Crippen LogP) is 1.59. The maximum absolute atomic E-state index is 11.3. The number of nitrogens with one attached hydrogen (secondary N) is 2. The van der Waals surface area contributed by atoms with Crippen molar-refractivity contribution in [2.75, 3.05) is 27.2 Å². The summed E-state index contributed by atoms with van der Waals surface area (Å²) in [4.78, 5) is 12.8. The minimum Gasteiger partial charge on any atom is -0.337 e. The number of nitrogens with zero attached hydrogens (tertiary/aromatic N) is 1. The van der Waals surface area contributed by atoms with Crippen LogP contribution >= 0.6 is 0 Å². The Morgan fingerprint density at radius 2 is 1.70 bits per heavy atom. The molecule has 0 radical (unpaired) electrons. The van der Waals surface area contributed by atoms with Gasteiger partial charge in [0.1, 0.15) is 0 Å². The highest BCUT2D eigenvalue weighted by molar-refractivity contribution is 6.88. The number of carbonyl (C=O) groups excluding carboxylic acids is 1. The van der Waals surface area contributed by atoms with E-state index in [0.29, 0.717) is 6.54 Å². The van der Waals surface area contributed by atoms with Crippen molar-refractivity contribution >= 4 is 19.3 Å². The van der Waals surface area contributed by atoms with Crippen LogP contribution in [0.15, 0.2) is 24.3 Å². The number of hydrogen-bond donors (Lipinski definition) is 2. The van der Waals surface area contributed by atoms with Crippen molar-refractivity contribution in [3.05, 3.63) is 29.8 Å². The Morgan fingerprint density at radius 3 is 2.20 bits per heavy atom. The Morgan fingerprint density at radius 1 is 1.10 bits per heavy atom. The summed E-state index contributed by atoms with van der Waals surface area (Å²) in [6.07, 6.45) is 0. The molecule has 0 aliphatic rings. The highest BCUT2D eigenvalue weighted by Crippen LogP contribution is 2.04. The lowest BCUT2D eigenvalue weighted by molar-refractivity contribution is 0.217. The maximum Gasteiger partial charge on any atom is 0.316 e. The zero-order valence-electron chi connectivity index (χ0n) is 13.3. The summed E-state index contributed by atoms with van der Waals surface area (Å²) in [5.74, 6) is 0. The zero-order valence-corrected chi connectivity index (χ0v) is 14.3. The number of benzene rings is 1. The van der Waals surface area contributed by atoms with Gasteiger partial charge in [-0.05, 0) is 5.56 Å². The summed E-state index contributed by atoms with van der Waals surface area (Å²) >= 11 is 0. The van der Waals surface area contributed by atoms with Crippen LogP contribution in [0, 0.1) is 0 Å². The summed E-state index contributed by atoms with van der Waals surface area (Å²) < 4.78 is 0. The molecule has 4 nitrogen and oxygen atoms in total. The van der Waals surface area contributed by atoms with Crippen molar-refractivity contribution in [2.24, 2.45) is 0 Å². The van der Waals surface area contributed by atoms with Crippen LogP contribution in [-0.2, 0) is 6.54 Å². The molecule has 0 atom stereocenters. The van der Waals surface area contributed by atoms with E-state index in [1.54, 1.807) is 14.1 Å². The SMILES string of the molecule is CN(C)C(=O)NCCNCc1ccc([Si](C)(C)C)cc1. The molecular formula is C15H27N3OSi. The van der Waals surface area contributed by atoms with E-state index in [-0.39, 0.29) is 6.03 Å². The van der Waals surface area contributed by atoms with Gasteiger partial charge in [0.15, 0.2) is 0 Å². The molecule has 0 saturated heterocycles. The third kappa shape index (κ3) is 5.75. The summed E-state index contributed by atoms with van der Waals surface area (Å²) in [5, 5.41) is 7.65. The predicted molar refractivity (Wildman–Crippen MR) is 88.2 cm³/mol. The van der Waals surface area contributed by atoms with E-state index in [9.17, 15) is 4.79 Å². The zero-order chi connectivity index (χ0) is 15.2. The first-order valence-electron chi connectivity index (χ1n) is 7.06. The van der Waals surface area contributed by atoms with Gasteiger partial charge in [-0.3, -0.25) is 0 Å². The van der Waals surface area contributed by atoms with Gasteiger partial charge in [-0.1, -0.05) is 49.1 Å². The smallest absolute Gasteiger partial charge is 0.316 e. The van der Waals surface area contributed by atoms with Crippen LogP contribution in [0.4, 0.5) is 4.79 Å². The molecule has 112 valence electrons. The van der Waals surface area contributed by atoms with Crippen LogP contribution in [-0.4, -0.2) is 46.2 Å². The summed E-state index contributed by atoms with van der Waals surface area (Å²) in [6, 6.07) is 8.83. The number of carbonyl (C=O) groups is 1. The second kappa shape index (κ2) is 7.45. The standard InChI is InChI=1S/C15H27N3OSi/c1-18(2)15(19)17-11-10-16-12-13-6-8-14(9-7-13)20(3,4)5/h6-9,16H,10-12H2,1-5H3,(H,17,19). The van der Waals surface area contributed by atoms with Crippen LogP contribution in [0.1, 0.15) is 5.56 Å². The molecular weight excluding hydrogens is 266 g/mol. The van der Waals surface area contributed by atoms with Gasteiger partial charge in [-0.25, -0.2) is 4.79 Å². The molecule has 2 amide bonds. The number of hydrogen-bond acceptors (Lipinski definition) is 2. The monoisotopic (exact) mass is 293 g/mol. The lowest BCUT2D eigenvalue weighted by Crippen LogP contribution is -2.38. The Balaban J connectivity index is 2.28. The minimum atomic E-state index is -1.20. The van der Waals surface area contributed by atoms with Gasteiger partial charge in [-0.2, -0.15) is 0 Å². The molecule has 1 aromatic rings. The molecule has 0 aliphatic heterocycles. The molecule has 20 heavy (non-hydrogen) atoms. The highest BCUT2D eigenvalue weighted by atomic mass is 28.3. The molecule has 0 fully saturated rings. The van der Waals surface area contributed by atoms with Crippen molar-refractivity contribution in [1.29, 1.82) is 0 Å². The van der Waals surface area contributed by atoms with Crippen molar-refractivity contribution in [1.82, 2.24) is 15.5 Å². The van der Waals surface area contributed by atoms with Gasteiger partial charge < -0.3 is 15.5 Å². The third-order valence-electron chi connectivity index (χ3n) is 3.13. The molecule has 1 aromatic carbocycles. The molecule has 0 spiro atoms. The average molecular weight is 293 g/mol. The normalized spacial score (nSPS) is 11.2. The molecule has 1 rings (SSSR count). The maximum atomic E-state index is 11.3. The van der Waals surface area contributed by atoms with E-state index in [0.717, 1.165) is 13.1 Å². The van der Waals surface area contributed by atoms with Crippen LogP contribution in [0.5, 0.6) is 0 Å². The highest BCUT2D eigenvalue weighted by Gasteiger charge is 2.15. The molecule has 0 unspecified atom stereocenters. The second-order valence-corrected chi connectivity index (χ2v) is 11.3. The molecule has 0 aliphatic carbocycles. The molecule has 0 aromatic heterocycles. The van der Waals surface area contributed by atoms with Gasteiger partial charge in [0.05, 0.1) is 8.07 Å². The van der Waals surface area contributed by atoms with Crippen molar-refractivity contribution in [3.63, 3.8) is 0 Å². The van der Waals surface area contributed by atoms with Crippen molar-refractivity contribution < 1.29 is 4.79 Å². The van der Waals surface area contributed by atoms with Crippen molar-refractivity contribution in [2.45, 2.75) is 26.2 Å². The number of amides is 2. The fraction of sp³-hybridized carbons (Fsp3) is 0.533. The van der Waals surface area contributed by atoms with E-state index in [1.807, 2.05) is 0 Å². The van der Waals surface area contributed by atoms with Gasteiger partial charge in [-0.15, -0.1) is 0 Å². The minimum absolute atomic E-state index is 0.0497. The molecule has 2 N–H and O–H groups in total. The topological polar surface area (TPSA) is 44.4 Å². The second-order valence-electron chi connectivity index (χ2n) is 6.25. The Kier molecular flexibility index (Phi) is 6.23. The van der Waals surface area contributed by atoms with Crippen LogP contribution in [0.3, 0.4) is 0 Å². The Bertz CT molecular complexity index is 424. The van der Waals surface area contributed by atoms with Crippen LogP contribution in [0.25, 0.3) is 0 Å². The lowest BCUT2D eigenvalue weighted by atomic mass is 10.2. The van der Waals surface area contributed by atoms with Crippen LogP contribution in [0.2, 0.25) is 19.6 Å². The van der Waals surface area contributed by atoms with E-state index >= 15 is 0 Å². The first-order chi connectivity index (χ1) is 9.30. The largest absolute Gasteiger partial charge is 0.337 e. The molecule has 0 bridgehead atoms. The quantitative estimate of drug-likeness (QED) is 0.618. The van der Waals surface area contributed by atoms with Gasteiger partial charge in [0.2, 0.25) is 0 Å². The van der Waals surface area contributed by atoms with Gasteiger partial charge in [0.25, 0.3) is 0 Å². The molecule has 0 saturated carbocycles. The van der Waals surface area contributed by atoms with E-state index < -0.39 is 8.07 Å². The number of rotatable bonds is 6. The Hall–Kier alpha value is -1.33. The van der Waals surface area contributed by atoms with Crippen molar-refractivity contribution in [3.8, 4) is 0 Å². The first-order valence-corrected chi connectivity index (χ1v) is 10.6. The van der Waals surface area contributed by atoms with Crippen LogP contribution < -0.4 is 15.8 Å². The van der Waals surface area contributed by atoms with E-state index in [4.69, 9.17) is 0 Å². The van der Waals surface area contributed by atoms with E-state index in [1.165, 1.54) is 15.7 Å². The van der Waals surface area contributed by atoms with E-state index in [2.05, 4.69) is 54.5 Å². The first kappa shape index (κ1) is 16.7. The third-order valence-corrected chi connectivity index (χ3v) is 5.20. The summed E-state index contributed by atoms with van der Waals surface area (Å²) in [7, 11) is 2.28. The summed E-state index contributed by atoms with van der Waals surface area (Å²) in [5.41, 5.74) is 1.28. The number of urea groups is 1.